The first-order valence-corrected chi connectivity index (χ1v) is 14.7. The molecule has 192 valence electrons. The van der Waals surface area contributed by atoms with Crippen molar-refractivity contribution >= 4 is 22.7 Å². The van der Waals surface area contributed by atoms with Crippen molar-refractivity contribution in [1.82, 2.24) is 15.0 Å². The number of benzene rings is 1. The van der Waals surface area contributed by atoms with Crippen LogP contribution < -0.4 is 4.74 Å². The van der Waals surface area contributed by atoms with Gasteiger partial charge in [0.25, 0.3) is 0 Å². The van der Waals surface area contributed by atoms with E-state index in [0.29, 0.717) is 11.2 Å². The van der Waals surface area contributed by atoms with Crippen molar-refractivity contribution in [3.63, 3.8) is 0 Å². The minimum absolute atomic E-state index is 0.607. The number of hydrogen-bond acceptors (Lipinski definition) is 6. The van der Waals surface area contributed by atoms with Crippen molar-refractivity contribution in [2.75, 3.05) is 40.3 Å². The predicted molar refractivity (Wildman–Crippen MR) is 148 cm³/mol. The Morgan fingerprint density at radius 3 is 2.78 bits per heavy atom. The predicted octanol–water partition coefficient (Wildman–Crippen LogP) is 6.06. The van der Waals surface area contributed by atoms with E-state index in [1.807, 2.05) is 11.8 Å². The number of hydrogen-bond donors (Lipinski definition) is 0. The molecule has 5 nitrogen and oxygen atoms in total. The van der Waals surface area contributed by atoms with E-state index in [-0.39, 0.29) is 0 Å². The van der Waals surface area contributed by atoms with Gasteiger partial charge in [0.05, 0.1) is 17.9 Å². The Morgan fingerprint density at radius 1 is 1.11 bits per heavy atom. The van der Waals surface area contributed by atoms with E-state index < -0.39 is 0 Å². The van der Waals surface area contributed by atoms with E-state index in [9.17, 15) is 0 Å². The van der Waals surface area contributed by atoms with E-state index in [1.165, 1.54) is 45.2 Å². The average Bonchev–Trinajstić information content (AvgIpc) is 3.41. The molecular weight excluding hydrogens is 466 g/mol. The molecule has 36 heavy (non-hydrogen) atoms. The largest absolute Gasteiger partial charge is 0.493 e. The first-order chi connectivity index (χ1) is 17.6. The topological polar surface area (TPSA) is 41.7 Å². The SMILES string of the molecule is CN(C)Cc1c(OCC2CC2)ccc2c(CCC3CCN(CC4=CC=CC5SC=CC45)CC3)noc12. The van der Waals surface area contributed by atoms with Gasteiger partial charge in [0.1, 0.15) is 5.75 Å². The van der Waals surface area contributed by atoms with Crippen molar-refractivity contribution in [2.45, 2.75) is 50.3 Å². The quantitative estimate of drug-likeness (QED) is 0.391. The Hall–Kier alpha value is -2.02. The third-order valence-corrected chi connectivity index (χ3v) is 9.32. The summed E-state index contributed by atoms with van der Waals surface area (Å²) in [6.07, 6.45) is 16.7. The Bertz CT molecular complexity index is 1150. The van der Waals surface area contributed by atoms with E-state index in [2.05, 4.69) is 70.9 Å². The van der Waals surface area contributed by atoms with Crippen molar-refractivity contribution in [1.29, 1.82) is 0 Å². The molecule has 1 aromatic carbocycles. The second-order valence-corrected chi connectivity index (χ2v) is 12.5. The van der Waals surface area contributed by atoms with Gasteiger partial charge in [-0.05, 0) is 101 Å². The van der Waals surface area contributed by atoms with E-state index in [0.717, 1.165) is 65.9 Å². The molecule has 4 aliphatic rings. The van der Waals surface area contributed by atoms with Crippen molar-refractivity contribution in [3.8, 4) is 5.75 Å². The third kappa shape index (κ3) is 5.46. The minimum Gasteiger partial charge on any atom is -0.493 e. The zero-order valence-electron chi connectivity index (χ0n) is 21.7. The van der Waals surface area contributed by atoms with Gasteiger partial charge in [-0.1, -0.05) is 29.5 Å². The number of ether oxygens (including phenoxy) is 1. The first-order valence-electron chi connectivity index (χ1n) is 13.7. The molecule has 0 bridgehead atoms. The van der Waals surface area contributed by atoms with Crippen LogP contribution in [-0.4, -0.2) is 60.5 Å². The van der Waals surface area contributed by atoms with Gasteiger partial charge in [0.15, 0.2) is 5.58 Å². The Balaban J connectivity index is 1.05. The average molecular weight is 506 g/mol. The number of likely N-dealkylation sites (tertiary alicyclic amines) is 1. The molecule has 1 saturated heterocycles. The van der Waals surface area contributed by atoms with Crippen LogP contribution in [0.15, 0.2) is 51.9 Å². The fraction of sp³-hybridized carbons (Fsp3) is 0.567. The van der Waals surface area contributed by atoms with Crippen molar-refractivity contribution in [3.05, 3.63) is 58.7 Å². The van der Waals surface area contributed by atoms with Gasteiger partial charge in [-0.2, -0.15) is 0 Å². The van der Waals surface area contributed by atoms with Gasteiger partial charge in [0.2, 0.25) is 0 Å². The molecule has 0 N–H and O–H groups in total. The van der Waals surface area contributed by atoms with Gasteiger partial charge in [0, 0.05) is 29.6 Å². The number of aryl methyl sites for hydroxylation is 1. The van der Waals surface area contributed by atoms with Gasteiger partial charge in [-0.3, -0.25) is 4.90 Å². The summed E-state index contributed by atoms with van der Waals surface area (Å²) in [6.45, 7) is 5.14. The van der Waals surface area contributed by atoms with Crippen LogP contribution in [0, 0.1) is 17.8 Å². The molecule has 2 aliphatic heterocycles. The summed E-state index contributed by atoms with van der Waals surface area (Å²) < 4.78 is 12.1. The number of thioether (sulfide) groups is 1. The van der Waals surface area contributed by atoms with Crippen LogP contribution in [0.3, 0.4) is 0 Å². The lowest BCUT2D eigenvalue weighted by molar-refractivity contribution is 0.188. The highest BCUT2D eigenvalue weighted by Gasteiger charge is 2.29. The Morgan fingerprint density at radius 2 is 1.97 bits per heavy atom. The highest BCUT2D eigenvalue weighted by atomic mass is 32.2. The number of fused-ring (bicyclic) bond motifs is 2. The maximum absolute atomic E-state index is 6.19. The molecule has 2 atom stereocenters. The highest BCUT2D eigenvalue weighted by molar-refractivity contribution is 8.03. The number of rotatable bonds is 10. The minimum atomic E-state index is 0.607. The summed E-state index contributed by atoms with van der Waals surface area (Å²) in [6, 6.07) is 4.31. The lowest BCUT2D eigenvalue weighted by Gasteiger charge is -2.34. The molecule has 1 aromatic heterocycles. The molecule has 0 amide bonds. The summed E-state index contributed by atoms with van der Waals surface area (Å²) in [7, 11) is 4.19. The molecule has 0 radical (unpaired) electrons. The molecule has 0 spiro atoms. The molecule has 2 fully saturated rings. The fourth-order valence-electron chi connectivity index (χ4n) is 5.87. The summed E-state index contributed by atoms with van der Waals surface area (Å²) in [4.78, 5) is 4.84. The first kappa shape index (κ1) is 24.3. The molecule has 2 aromatic rings. The lowest BCUT2D eigenvalue weighted by atomic mass is 9.88. The summed E-state index contributed by atoms with van der Waals surface area (Å²) >= 11 is 1.96. The summed E-state index contributed by atoms with van der Waals surface area (Å²) in [5.74, 6) is 3.07. The molecule has 1 saturated carbocycles. The molecule has 6 rings (SSSR count). The third-order valence-electron chi connectivity index (χ3n) is 8.24. The van der Waals surface area contributed by atoms with E-state index >= 15 is 0 Å². The number of nitrogens with zero attached hydrogens (tertiary/aromatic N) is 3. The van der Waals surface area contributed by atoms with Crippen LogP contribution in [0.5, 0.6) is 5.75 Å². The smallest absolute Gasteiger partial charge is 0.175 e. The maximum atomic E-state index is 6.19. The Kier molecular flexibility index (Phi) is 7.27. The highest BCUT2D eigenvalue weighted by Crippen LogP contribution is 2.39. The van der Waals surface area contributed by atoms with E-state index in [4.69, 9.17) is 9.26 Å². The van der Waals surface area contributed by atoms with Crippen LogP contribution in [0.25, 0.3) is 11.0 Å². The fourth-order valence-corrected chi connectivity index (χ4v) is 6.93. The van der Waals surface area contributed by atoms with Crippen molar-refractivity contribution in [2.24, 2.45) is 17.8 Å². The summed E-state index contributed by atoms with van der Waals surface area (Å²) in [5.41, 5.74) is 4.74. The molecule has 2 unspecified atom stereocenters. The monoisotopic (exact) mass is 505 g/mol. The van der Waals surface area contributed by atoms with E-state index in [1.54, 1.807) is 5.57 Å². The van der Waals surface area contributed by atoms with Crippen molar-refractivity contribution < 1.29 is 9.26 Å². The molecule has 3 heterocycles. The van der Waals surface area contributed by atoms with Crippen LogP contribution in [0.1, 0.15) is 43.4 Å². The molecular formula is C30H39N3O2S. The van der Waals surface area contributed by atoms with Gasteiger partial charge in [-0.15, -0.1) is 11.8 Å². The molecule has 6 heteroatoms. The van der Waals surface area contributed by atoms with Gasteiger partial charge < -0.3 is 14.2 Å². The van der Waals surface area contributed by atoms with Gasteiger partial charge in [-0.25, -0.2) is 0 Å². The second-order valence-electron chi connectivity index (χ2n) is 11.4. The Labute approximate surface area is 219 Å². The zero-order chi connectivity index (χ0) is 24.5. The van der Waals surface area contributed by atoms with Crippen LogP contribution in [-0.2, 0) is 13.0 Å². The van der Waals surface area contributed by atoms with Crippen LogP contribution in [0.4, 0.5) is 0 Å². The van der Waals surface area contributed by atoms with Gasteiger partial charge >= 0.3 is 0 Å². The van der Waals surface area contributed by atoms with Crippen LogP contribution in [0.2, 0.25) is 0 Å². The zero-order valence-corrected chi connectivity index (χ0v) is 22.5. The standard InChI is InChI=1S/C30H39N3O2S/c1-32(2)19-26-28(34-20-22-6-7-22)11-9-25-27(31-35-30(25)26)10-8-21-12-15-33(16-13-21)18-23-4-3-5-29-24(23)14-17-36-29/h3-5,9,11,14,17,21-22,24,29H,6-8,10,12-13,15-16,18-20H2,1-2H3. The number of piperidine rings is 1. The van der Waals surface area contributed by atoms with Crippen LogP contribution >= 0.6 is 11.8 Å². The second kappa shape index (κ2) is 10.8. The number of allylic oxidation sites excluding steroid dienone is 3. The summed E-state index contributed by atoms with van der Waals surface area (Å²) in [5, 5.41) is 8.61. The maximum Gasteiger partial charge on any atom is 0.175 e. The molecule has 2 aliphatic carbocycles. The lowest BCUT2D eigenvalue weighted by Crippen LogP contribution is -2.37. The number of aromatic nitrogens is 1. The normalized spacial score (nSPS) is 24.6.